The molecule has 0 saturated carbocycles. The zero-order chi connectivity index (χ0) is 14.8. The summed E-state index contributed by atoms with van der Waals surface area (Å²) in [4.78, 5) is 13.3. The van der Waals surface area contributed by atoms with Crippen molar-refractivity contribution in [2.24, 2.45) is 0 Å². The number of halogens is 3. The number of rotatable bonds is 3. The van der Waals surface area contributed by atoms with Gasteiger partial charge in [0.1, 0.15) is 6.54 Å². The molecule has 0 aliphatic carbocycles. The summed E-state index contributed by atoms with van der Waals surface area (Å²) in [6, 6.07) is -0.389. The first-order valence-electron chi connectivity index (χ1n) is 6.47. The Morgan fingerprint density at radius 2 is 2.10 bits per heavy atom. The van der Waals surface area contributed by atoms with Gasteiger partial charge in [0.15, 0.2) is 0 Å². The monoisotopic (exact) mass is 290 g/mol. The maximum Gasteiger partial charge on any atom is 0.406 e. The standard InChI is InChI=1S/C12H17F3N4O/c1-8-10(6-17-18-8)11(20)19(7-12(13,14)15)9-2-4-16-5-3-9/h6,9,16H,2-5,7H2,1H3,(H,17,18). The zero-order valence-corrected chi connectivity index (χ0v) is 11.1. The lowest BCUT2D eigenvalue weighted by Crippen LogP contribution is -2.49. The quantitative estimate of drug-likeness (QED) is 0.886. The molecule has 112 valence electrons. The molecule has 1 aliphatic heterocycles. The van der Waals surface area contributed by atoms with Crippen LogP contribution < -0.4 is 5.32 Å². The van der Waals surface area contributed by atoms with Gasteiger partial charge in [-0.25, -0.2) is 0 Å². The van der Waals surface area contributed by atoms with Crippen molar-refractivity contribution in [2.75, 3.05) is 19.6 Å². The third kappa shape index (κ3) is 3.50. The number of amides is 1. The number of aromatic amines is 1. The number of alkyl halides is 3. The number of carbonyl (C=O) groups excluding carboxylic acids is 1. The van der Waals surface area contributed by atoms with Crippen molar-refractivity contribution in [3.05, 3.63) is 17.5 Å². The Labute approximate surface area is 114 Å². The summed E-state index contributed by atoms with van der Waals surface area (Å²) in [6.07, 6.45) is -2.07. The molecule has 2 heterocycles. The van der Waals surface area contributed by atoms with E-state index in [0.717, 1.165) is 4.90 Å². The molecule has 0 atom stereocenters. The van der Waals surface area contributed by atoms with E-state index >= 15 is 0 Å². The van der Waals surface area contributed by atoms with Crippen LogP contribution in [0.4, 0.5) is 13.2 Å². The minimum Gasteiger partial charge on any atom is -0.326 e. The smallest absolute Gasteiger partial charge is 0.326 e. The molecular weight excluding hydrogens is 273 g/mol. The lowest BCUT2D eigenvalue weighted by atomic mass is 10.0. The maximum absolute atomic E-state index is 12.7. The Bertz CT molecular complexity index is 466. The van der Waals surface area contributed by atoms with Crippen LogP contribution in [0.2, 0.25) is 0 Å². The fraction of sp³-hybridized carbons (Fsp3) is 0.667. The van der Waals surface area contributed by atoms with Crippen LogP contribution >= 0.6 is 0 Å². The summed E-state index contributed by atoms with van der Waals surface area (Å²) in [6.45, 7) is 1.64. The number of H-pyrrole nitrogens is 1. The van der Waals surface area contributed by atoms with Crippen molar-refractivity contribution in [1.29, 1.82) is 0 Å². The molecule has 0 bridgehead atoms. The van der Waals surface area contributed by atoms with Crippen LogP contribution in [0.25, 0.3) is 0 Å². The fourth-order valence-corrected chi connectivity index (χ4v) is 2.40. The van der Waals surface area contributed by atoms with E-state index in [9.17, 15) is 18.0 Å². The van der Waals surface area contributed by atoms with Gasteiger partial charge >= 0.3 is 6.18 Å². The van der Waals surface area contributed by atoms with E-state index in [0.29, 0.717) is 31.6 Å². The van der Waals surface area contributed by atoms with Crippen molar-refractivity contribution in [1.82, 2.24) is 20.4 Å². The van der Waals surface area contributed by atoms with Crippen molar-refractivity contribution >= 4 is 5.91 Å². The predicted octanol–water partition coefficient (Wildman–Crippen LogP) is 1.47. The number of nitrogens with zero attached hydrogens (tertiary/aromatic N) is 2. The molecule has 1 amide bonds. The molecule has 2 N–H and O–H groups in total. The third-order valence-corrected chi connectivity index (χ3v) is 3.42. The normalized spacial score (nSPS) is 17.2. The third-order valence-electron chi connectivity index (χ3n) is 3.42. The molecule has 0 radical (unpaired) electrons. The molecule has 8 heteroatoms. The second kappa shape index (κ2) is 5.82. The summed E-state index contributed by atoms with van der Waals surface area (Å²) in [5.74, 6) is -0.611. The summed E-state index contributed by atoms with van der Waals surface area (Å²) >= 11 is 0. The number of piperidine rings is 1. The molecule has 2 rings (SSSR count). The molecule has 0 unspecified atom stereocenters. The van der Waals surface area contributed by atoms with Gasteiger partial charge in [0.2, 0.25) is 0 Å². The van der Waals surface area contributed by atoms with Gasteiger partial charge in [-0.2, -0.15) is 18.3 Å². The van der Waals surface area contributed by atoms with E-state index in [-0.39, 0.29) is 11.6 Å². The zero-order valence-electron chi connectivity index (χ0n) is 11.1. The summed E-state index contributed by atoms with van der Waals surface area (Å²) in [5, 5.41) is 9.36. The van der Waals surface area contributed by atoms with E-state index in [2.05, 4.69) is 15.5 Å². The van der Waals surface area contributed by atoms with E-state index in [1.165, 1.54) is 6.20 Å². The van der Waals surface area contributed by atoms with Crippen LogP contribution in [-0.2, 0) is 0 Å². The lowest BCUT2D eigenvalue weighted by molar-refractivity contribution is -0.145. The number of hydrogen-bond acceptors (Lipinski definition) is 3. The number of aryl methyl sites for hydroxylation is 1. The topological polar surface area (TPSA) is 61.0 Å². The van der Waals surface area contributed by atoms with Gasteiger partial charge in [-0.3, -0.25) is 9.89 Å². The van der Waals surface area contributed by atoms with Crippen LogP contribution in [0.3, 0.4) is 0 Å². The maximum atomic E-state index is 12.7. The average molecular weight is 290 g/mol. The van der Waals surface area contributed by atoms with Gasteiger partial charge in [-0.15, -0.1) is 0 Å². The first-order valence-corrected chi connectivity index (χ1v) is 6.47. The molecule has 1 fully saturated rings. The van der Waals surface area contributed by atoms with Crippen LogP contribution in [0.15, 0.2) is 6.20 Å². The van der Waals surface area contributed by atoms with Crippen molar-refractivity contribution in [2.45, 2.75) is 32.0 Å². The van der Waals surface area contributed by atoms with Crippen LogP contribution in [0, 0.1) is 6.92 Å². The van der Waals surface area contributed by atoms with Crippen molar-refractivity contribution in [3.63, 3.8) is 0 Å². The Morgan fingerprint density at radius 1 is 1.45 bits per heavy atom. The van der Waals surface area contributed by atoms with Crippen molar-refractivity contribution in [3.8, 4) is 0 Å². The van der Waals surface area contributed by atoms with Crippen LogP contribution in [0.1, 0.15) is 28.9 Å². The first kappa shape index (κ1) is 14.8. The largest absolute Gasteiger partial charge is 0.406 e. The van der Waals surface area contributed by atoms with E-state index < -0.39 is 18.6 Å². The molecule has 1 aliphatic rings. The summed E-state index contributed by atoms with van der Waals surface area (Å²) < 4.78 is 38.2. The van der Waals surface area contributed by atoms with Gasteiger partial charge in [0.25, 0.3) is 5.91 Å². The predicted molar refractivity (Wildman–Crippen MR) is 66.3 cm³/mol. The molecule has 0 spiro atoms. The Morgan fingerprint density at radius 3 is 2.60 bits per heavy atom. The van der Waals surface area contributed by atoms with E-state index in [4.69, 9.17) is 0 Å². The lowest BCUT2D eigenvalue weighted by Gasteiger charge is -2.35. The summed E-state index contributed by atoms with van der Waals surface area (Å²) in [5.41, 5.74) is 0.684. The highest BCUT2D eigenvalue weighted by Crippen LogP contribution is 2.23. The number of nitrogens with one attached hydrogen (secondary N) is 2. The molecule has 1 saturated heterocycles. The van der Waals surface area contributed by atoms with Gasteiger partial charge < -0.3 is 10.2 Å². The van der Waals surface area contributed by atoms with Gasteiger partial charge in [-0.1, -0.05) is 0 Å². The first-order chi connectivity index (χ1) is 9.38. The fourth-order valence-electron chi connectivity index (χ4n) is 2.40. The number of carbonyl (C=O) groups is 1. The van der Waals surface area contributed by atoms with Crippen molar-refractivity contribution < 1.29 is 18.0 Å². The molecule has 1 aromatic heterocycles. The molecule has 5 nitrogen and oxygen atoms in total. The van der Waals surface area contributed by atoms with Gasteiger partial charge in [-0.05, 0) is 32.9 Å². The minimum atomic E-state index is -4.40. The average Bonchev–Trinajstić information content (AvgIpc) is 2.81. The second-order valence-electron chi connectivity index (χ2n) is 4.94. The highest BCUT2D eigenvalue weighted by molar-refractivity contribution is 5.95. The summed E-state index contributed by atoms with van der Waals surface area (Å²) in [7, 11) is 0. The van der Waals surface area contributed by atoms with Gasteiger partial charge in [0, 0.05) is 11.7 Å². The Balaban J connectivity index is 2.21. The number of hydrogen-bond donors (Lipinski definition) is 2. The Hall–Kier alpha value is -1.57. The second-order valence-corrected chi connectivity index (χ2v) is 4.94. The van der Waals surface area contributed by atoms with Crippen LogP contribution in [-0.4, -0.2) is 52.9 Å². The molecule has 20 heavy (non-hydrogen) atoms. The molecule has 0 aromatic carbocycles. The highest BCUT2D eigenvalue weighted by atomic mass is 19.4. The molecule has 1 aromatic rings. The van der Waals surface area contributed by atoms with Crippen LogP contribution in [0.5, 0.6) is 0 Å². The highest BCUT2D eigenvalue weighted by Gasteiger charge is 2.37. The van der Waals surface area contributed by atoms with E-state index in [1.54, 1.807) is 6.92 Å². The van der Waals surface area contributed by atoms with E-state index in [1.807, 2.05) is 0 Å². The number of aromatic nitrogens is 2. The van der Waals surface area contributed by atoms with Gasteiger partial charge in [0.05, 0.1) is 11.8 Å². The SMILES string of the molecule is Cc1[nH]ncc1C(=O)N(CC(F)(F)F)C1CCNCC1. The minimum absolute atomic E-state index is 0.202. The molecular formula is C12H17F3N4O. The Kier molecular flexibility index (Phi) is 4.32.